The van der Waals surface area contributed by atoms with Crippen molar-refractivity contribution in [1.82, 2.24) is 5.32 Å². The van der Waals surface area contributed by atoms with Crippen LogP contribution in [0, 0.1) is 11.8 Å². The largest absolute Gasteiger partial charge is 0.394 e. The summed E-state index contributed by atoms with van der Waals surface area (Å²) in [6.45, 7) is 5.86. The zero-order valence-corrected chi connectivity index (χ0v) is 11.2. The predicted octanol–water partition coefficient (Wildman–Crippen LogP) is 1.03. The number of rotatable bonds is 4. The second-order valence-corrected chi connectivity index (χ2v) is 5.78. The highest BCUT2D eigenvalue weighted by molar-refractivity contribution is 5.79. The first-order valence-electron chi connectivity index (χ1n) is 6.58. The maximum atomic E-state index is 12.0. The molecule has 1 aliphatic carbocycles. The molecule has 0 spiro atoms. The van der Waals surface area contributed by atoms with Gasteiger partial charge in [-0.05, 0) is 25.7 Å². The van der Waals surface area contributed by atoms with Gasteiger partial charge in [-0.25, -0.2) is 0 Å². The average Bonchev–Trinajstić information content (AvgIpc) is 2.27. The van der Waals surface area contributed by atoms with Gasteiger partial charge in [-0.1, -0.05) is 26.7 Å². The van der Waals surface area contributed by atoms with Crippen LogP contribution in [-0.4, -0.2) is 29.2 Å². The van der Waals surface area contributed by atoms with Crippen molar-refractivity contribution in [3.05, 3.63) is 0 Å². The molecule has 100 valence electrons. The Morgan fingerprint density at radius 2 is 2.24 bits per heavy atom. The summed E-state index contributed by atoms with van der Waals surface area (Å²) in [4.78, 5) is 12.0. The molecule has 1 fully saturated rings. The van der Waals surface area contributed by atoms with Crippen LogP contribution in [0.5, 0.6) is 0 Å². The normalized spacial score (nSPS) is 32.9. The molecular formula is C13H26N2O2. The SMILES string of the molecule is CC1CCCC(CO)(NC(=O)C(C)C(C)N)C1. The standard InChI is InChI=1S/C13H26N2O2/c1-9-5-4-6-13(7-9,8-16)15-12(17)10(2)11(3)14/h9-11,16H,4-8,14H2,1-3H3,(H,15,17). The summed E-state index contributed by atoms with van der Waals surface area (Å²) in [5.41, 5.74) is 5.31. The molecule has 0 aromatic heterocycles. The van der Waals surface area contributed by atoms with Crippen molar-refractivity contribution in [3.8, 4) is 0 Å². The second-order valence-electron chi connectivity index (χ2n) is 5.78. The van der Waals surface area contributed by atoms with Gasteiger partial charge in [0.15, 0.2) is 0 Å². The monoisotopic (exact) mass is 242 g/mol. The van der Waals surface area contributed by atoms with Crippen molar-refractivity contribution in [2.24, 2.45) is 17.6 Å². The molecule has 1 rings (SSSR count). The van der Waals surface area contributed by atoms with Gasteiger partial charge < -0.3 is 16.2 Å². The van der Waals surface area contributed by atoms with Crippen LogP contribution in [0.25, 0.3) is 0 Å². The quantitative estimate of drug-likeness (QED) is 0.689. The summed E-state index contributed by atoms with van der Waals surface area (Å²) < 4.78 is 0. The van der Waals surface area contributed by atoms with Gasteiger partial charge >= 0.3 is 0 Å². The fourth-order valence-corrected chi connectivity index (χ4v) is 2.57. The van der Waals surface area contributed by atoms with E-state index in [0.717, 1.165) is 19.3 Å². The first kappa shape index (κ1) is 14.5. The molecule has 1 saturated carbocycles. The number of carbonyl (C=O) groups is 1. The van der Waals surface area contributed by atoms with Crippen molar-refractivity contribution in [1.29, 1.82) is 0 Å². The number of hydrogen-bond acceptors (Lipinski definition) is 3. The molecule has 0 heterocycles. The molecule has 4 atom stereocenters. The van der Waals surface area contributed by atoms with E-state index in [1.165, 1.54) is 6.42 Å². The van der Waals surface area contributed by atoms with Crippen molar-refractivity contribution < 1.29 is 9.90 Å². The molecule has 0 bridgehead atoms. The molecule has 17 heavy (non-hydrogen) atoms. The maximum absolute atomic E-state index is 12.0. The van der Waals surface area contributed by atoms with Gasteiger partial charge in [0, 0.05) is 12.0 Å². The summed E-state index contributed by atoms with van der Waals surface area (Å²) in [7, 11) is 0. The summed E-state index contributed by atoms with van der Waals surface area (Å²) in [6, 6.07) is -0.160. The lowest BCUT2D eigenvalue weighted by Crippen LogP contribution is -2.56. The highest BCUT2D eigenvalue weighted by Gasteiger charge is 2.36. The Bertz CT molecular complexity index is 268. The van der Waals surface area contributed by atoms with Crippen LogP contribution >= 0.6 is 0 Å². The summed E-state index contributed by atoms with van der Waals surface area (Å²) >= 11 is 0. The topological polar surface area (TPSA) is 75.3 Å². The third kappa shape index (κ3) is 3.68. The highest BCUT2D eigenvalue weighted by Crippen LogP contribution is 2.32. The number of aliphatic hydroxyl groups is 1. The van der Waals surface area contributed by atoms with Gasteiger partial charge in [-0.3, -0.25) is 4.79 Å². The van der Waals surface area contributed by atoms with E-state index in [1.807, 2.05) is 13.8 Å². The molecule has 0 aromatic rings. The lowest BCUT2D eigenvalue weighted by atomic mass is 9.76. The van der Waals surface area contributed by atoms with E-state index in [0.29, 0.717) is 5.92 Å². The lowest BCUT2D eigenvalue weighted by molar-refractivity contribution is -0.128. The highest BCUT2D eigenvalue weighted by atomic mass is 16.3. The fourth-order valence-electron chi connectivity index (χ4n) is 2.57. The van der Waals surface area contributed by atoms with Crippen molar-refractivity contribution >= 4 is 5.91 Å². The van der Waals surface area contributed by atoms with E-state index < -0.39 is 5.54 Å². The van der Waals surface area contributed by atoms with Crippen molar-refractivity contribution in [2.75, 3.05) is 6.61 Å². The van der Waals surface area contributed by atoms with E-state index >= 15 is 0 Å². The second kappa shape index (κ2) is 5.83. The van der Waals surface area contributed by atoms with Crippen LogP contribution in [0.1, 0.15) is 46.5 Å². The van der Waals surface area contributed by atoms with E-state index in [-0.39, 0.29) is 24.5 Å². The molecule has 0 saturated heterocycles. The molecule has 0 aliphatic heterocycles. The number of aliphatic hydroxyl groups excluding tert-OH is 1. The van der Waals surface area contributed by atoms with E-state index in [9.17, 15) is 9.90 Å². The number of nitrogens with one attached hydrogen (secondary N) is 1. The predicted molar refractivity (Wildman–Crippen MR) is 68.4 cm³/mol. The van der Waals surface area contributed by atoms with E-state index in [4.69, 9.17) is 5.73 Å². The number of nitrogens with two attached hydrogens (primary N) is 1. The summed E-state index contributed by atoms with van der Waals surface area (Å²) in [6.07, 6.45) is 3.97. The number of carbonyl (C=O) groups excluding carboxylic acids is 1. The third-order valence-corrected chi connectivity index (χ3v) is 3.98. The first-order chi connectivity index (χ1) is 7.90. The smallest absolute Gasteiger partial charge is 0.224 e. The Balaban J connectivity index is 2.65. The lowest BCUT2D eigenvalue weighted by Gasteiger charge is -2.40. The minimum absolute atomic E-state index is 0.0226. The van der Waals surface area contributed by atoms with Gasteiger partial charge in [-0.15, -0.1) is 0 Å². The van der Waals surface area contributed by atoms with Crippen LogP contribution in [0.4, 0.5) is 0 Å². The van der Waals surface area contributed by atoms with Crippen LogP contribution in [0.15, 0.2) is 0 Å². The first-order valence-corrected chi connectivity index (χ1v) is 6.58. The molecule has 4 unspecified atom stereocenters. The molecule has 4 nitrogen and oxygen atoms in total. The minimum atomic E-state index is -0.419. The molecule has 1 amide bonds. The van der Waals surface area contributed by atoms with Gasteiger partial charge in [0.1, 0.15) is 0 Å². The minimum Gasteiger partial charge on any atom is -0.394 e. The number of amides is 1. The van der Waals surface area contributed by atoms with Gasteiger partial charge in [0.25, 0.3) is 0 Å². The third-order valence-electron chi connectivity index (χ3n) is 3.98. The molecule has 0 radical (unpaired) electrons. The molecule has 1 aliphatic rings. The zero-order valence-electron chi connectivity index (χ0n) is 11.2. The van der Waals surface area contributed by atoms with Crippen molar-refractivity contribution in [3.63, 3.8) is 0 Å². The molecule has 0 aromatic carbocycles. The molecule has 4 N–H and O–H groups in total. The molecule has 4 heteroatoms. The van der Waals surface area contributed by atoms with Crippen LogP contribution in [0.3, 0.4) is 0 Å². The summed E-state index contributed by atoms with van der Waals surface area (Å²) in [5, 5.41) is 12.6. The fraction of sp³-hybridized carbons (Fsp3) is 0.923. The zero-order chi connectivity index (χ0) is 13.1. The van der Waals surface area contributed by atoms with Crippen molar-refractivity contribution in [2.45, 2.75) is 58.0 Å². The Morgan fingerprint density at radius 3 is 2.71 bits per heavy atom. The maximum Gasteiger partial charge on any atom is 0.224 e. The Morgan fingerprint density at radius 1 is 1.59 bits per heavy atom. The Kier molecular flexibility index (Phi) is 4.95. The molecular weight excluding hydrogens is 216 g/mol. The average molecular weight is 242 g/mol. The van der Waals surface area contributed by atoms with Gasteiger partial charge in [-0.2, -0.15) is 0 Å². The summed E-state index contributed by atoms with van der Waals surface area (Å²) in [5.74, 6) is 0.306. The van der Waals surface area contributed by atoms with Crippen LogP contribution in [0.2, 0.25) is 0 Å². The van der Waals surface area contributed by atoms with Crippen LogP contribution in [-0.2, 0) is 4.79 Å². The van der Waals surface area contributed by atoms with Crippen LogP contribution < -0.4 is 11.1 Å². The Labute approximate surface area is 104 Å². The van der Waals surface area contributed by atoms with E-state index in [2.05, 4.69) is 12.2 Å². The Hall–Kier alpha value is -0.610. The number of hydrogen-bond donors (Lipinski definition) is 3. The van der Waals surface area contributed by atoms with E-state index in [1.54, 1.807) is 0 Å². The van der Waals surface area contributed by atoms with Gasteiger partial charge in [0.2, 0.25) is 5.91 Å². The van der Waals surface area contributed by atoms with Gasteiger partial charge in [0.05, 0.1) is 12.1 Å².